The summed E-state index contributed by atoms with van der Waals surface area (Å²) in [5.41, 5.74) is 1.03. The second kappa shape index (κ2) is 4.74. The zero-order valence-corrected chi connectivity index (χ0v) is 10.9. The molecule has 0 radical (unpaired) electrons. The topological polar surface area (TPSA) is 49.3 Å². The van der Waals surface area contributed by atoms with Gasteiger partial charge in [0.05, 0.1) is 0 Å². The van der Waals surface area contributed by atoms with Crippen molar-refractivity contribution in [2.75, 3.05) is 0 Å². The summed E-state index contributed by atoms with van der Waals surface area (Å²) < 4.78 is 14.4. The van der Waals surface area contributed by atoms with E-state index in [1.807, 2.05) is 6.92 Å². The van der Waals surface area contributed by atoms with Gasteiger partial charge in [0, 0.05) is 16.1 Å². The average Bonchev–Trinajstić information content (AvgIpc) is 2.32. The van der Waals surface area contributed by atoms with Crippen LogP contribution < -0.4 is 5.32 Å². The molecule has 1 aromatic carbocycles. The number of fused-ring (bicyclic) bond motifs is 1. The molecule has 92 valence electrons. The smallest absolute Gasteiger partial charge is 0.325 e. The number of carboxylic acid groups (broad SMARTS) is 1. The zero-order valence-electron chi connectivity index (χ0n) is 9.34. The average molecular weight is 302 g/mol. The largest absolute Gasteiger partial charge is 0.480 e. The summed E-state index contributed by atoms with van der Waals surface area (Å²) in [6, 6.07) is 2.10. The van der Waals surface area contributed by atoms with Crippen LogP contribution in [0.4, 0.5) is 4.39 Å². The van der Waals surface area contributed by atoms with E-state index < -0.39 is 12.0 Å². The highest BCUT2D eigenvalue weighted by atomic mass is 79.9. The third kappa shape index (κ3) is 2.21. The first-order chi connectivity index (χ1) is 8.04. The Morgan fingerprint density at radius 1 is 1.65 bits per heavy atom. The first-order valence-electron chi connectivity index (χ1n) is 5.50. The number of halogens is 2. The fraction of sp³-hybridized carbons (Fsp3) is 0.417. The lowest BCUT2D eigenvalue weighted by Crippen LogP contribution is -2.43. The van der Waals surface area contributed by atoms with Gasteiger partial charge in [-0.25, -0.2) is 4.39 Å². The van der Waals surface area contributed by atoms with Gasteiger partial charge < -0.3 is 5.11 Å². The molecule has 0 fully saturated rings. The summed E-state index contributed by atoms with van der Waals surface area (Å²) in [6.45, 7) is 1.96. The summed E-state index contributed by atoms with van der Waals surface area (Å²) in [5.74, 6) is -1.30. The summed E-state index contributed by atoms with van der Waals surface area (Å²) in [6.07, 6.45) is 1.30. The minimum absolute atomic E-state index is 0.00685. The van der Waals surface area contributed by atoms with E-state index in [1.165, 1.54) is 6.07 Å². The van der Waals surface area contributed by atoms with Crippen LogP contribution in [-0.4, -0.2) is 17.1 Å². The van der Waals surface area contributed by atoms with Gasteiger partial charge in [0.2, 0.25) is 0 Å². The van der Waals surface area contributed by atoms with Crippen LogP contribution in [0.3, 0.4) is 0 Å². The Morgan fingerprint density at radius 3 is 2.94 bits per heavy atom. The second-order valence-electron chi connectivity index (χ2n) is 4.17. The molecule has 5 heteroatoms. The van der Waals surface area contributed by atoms with E-state index in [0.29, 0.717) is 22.0 Å². The lowest BCUT2D eigenvalue weighted by molar-refractivity contribution is -0.140. The number of hydrogen-bond donors (Lipinski definition) is 2. The Kier molecular flexibility index (Phi) is 3.49. The molecule has 1 aromatic rings. The minimum atomic E-state index is -0.976. The number of hydrogen-bond acceptors (Lipinski definition) is 2. The molecule has 0 saturated carbocycles. The van der Waals surface area contributed by atoms with Crippen molar-refractivity contribution in [3.8, 4) is 0 Å². The second-order valence-corrected chi connectivity index (χ2v) is 5.02. The molecule has 1 heterocycles. The van der Waals surface area contributed by atoms with E-state index in [2.05, 4.69) is 21.2 Å². The van der Waals surface area contributed by atoms with Gasteiger partial charge in [-0.05, 0) is 30.5 Å². The fourth-order valence-electron chi connectivity index (χ4n) is 2.21. The van der Waals surface area contributed by atoms with Gasteiger partial charge in [-0.1, -0.05) is 22.9 Å². The number of benzene rings is 1. The van der Waals surface area contributed by atoms with Gasteiger partial charge in [0.1, 0.15) is 11.9 Å². The number of carbonyl (C=O) groups is 1. The first kappa shape index (κ1) is 12.5. The molecule has 0 saturated heterocycles. The highest BCUT2D eigenvalue weighted by molar-refractivity contribution is 9.10. The van der Waals surface area contributed by atoms with E-state index in [0.717, 1.165) is 6.42 Å². The van der Waals surface area contributed by atoms with Crippen molar-refractivity contribution in [2.45, 2.75) is 31.8 Å². The van der Waals surface area contributed by atoms with Crippen molar-refractivity contribution < 1.29 is 14.3 Å². The zero-order chi connectivity index (χ0) is 12.6. The molecule has 0 aliphatic carbocycles. The third-order valence-electron chi connectivity index (χ3n) is 3.13. The van der Waals surface area contributed by atoms with Crippen molar-refractivity contribution in [1.29, 1.82) is 0 Å². The third-order valence-corrected chi connectivity index (χ3v) is 3.82. The van der Waals surface area contributed by atoms with E-state index in [1.54, 1.807) is 6.07 Å². The van der Waals surface area contributed by atoms with Crippen LogP contribution in [0.5, 0.6) is 0 Å². The van der Waals surface area contributed by atoms with Crippen molar-refractivity contribution in [2.24, 2.45) is 0 Å². The standard InChI is InChI=1S/C12H13BrFNO2/c1-2-6-5-7-9(14)4-3-8(13)10(7)11(15-6)12(16)17/h3-4,6,11,15H,2,5H2,1H3,(H,16,17). The Hall–Kier alpha value is -0.940. The minimum Gasteiger partial charge on any atom is -0.480 e. The van der Waals surface area contributed by atoms with Crippen LogP contribution in [0.2, 0.25) is 0 Å². The van der Waals surface area contributed by atoms with Gasteiger partial charge in [-0.3, -0.25) is 10.1 Å². The van der Waals surface area contributed by atoms with Gasteiger partial charge in [0.25, 0.3) is 0 Å². The first-order valence-corrected chi connectivity index (χ1v) is 6.29. The van der Waals surface area contributed by atoms with Gasteiger partial charge in [-0.2, -0.15) is 0 Å². The summed E-state index contributed by atoms with van der Waals surface area (Å²) in [4.78, 5) is 11.2. The normalized spacial score (nSPS) is 23.2. The van der Waals surface area contributed by atoms with Gasteiger partial charge in [-0.15, -0.1) is 0 Å². The van der Waals surface area contributed by atoms with Gasteiger partial charge in [0.15, 0.2) is 0 Å². The molecule has 0 amide bonds. The quantitative estimate of drug-likeness (QED) is 0.883. The lowest BCUT2D eigenvalue weighted by Gasteiger charge is -2.31. The van der Waals surface area contributed by atoms with Crippen molar-refractivity contribution in [3.63, 3.8) is 0 Å². The van der Waals surface area contributed by atoms with E-state index >= 15 is 0 Å². The maximum Gasteiger partial charge on any atom is 0.325 e. The predicted molar refractivity (Wildman–Crippen MR) is 65.4 cm³/mol. The molecular weight excluding hydrogens is 289 g/mol. The Morgan fingerprint density at radius 2 is 2.35 bits per heavy atom. The van der Waals surface area contributed by atoms with Crippen LogP contribution in [-0.2, 0) is 11.2 Å². The van der Waals surface area contributed by atoms with Crippen molar-refractivity contribution in [1.82, 2.24) is 5.32 Å². The van der Waals surface area contributed by atoms with E-state index in [-0.39, 0.29) is 11.9 Å². The molecule has 2 atom stereocenters. The van der Waals surface area contributed by atoms with Crippen LogP contribution in [0.25, 0.3) is 0 Å². The molecule has 2 N–H and O–H groups in total. The number of aliphatic carboxylic acids is 1. The highest BCUT2D eigenvalue weighted by Gasteiger charge is 2.33. The molecule has 1 aliphatic heterocycles. The monoisotopic (exact) mass is 301 g/mol. The van der Waals surface area contributed by atoms with Crippen LogP contribution in [0.15, 0.2) is 16.6 Å². The van der Waals surface area contributed by atoms with E-state index in [4.69, 9.17) is 0 Å². The summed E-state index contributed by atoms with van der Waals surface area (Å²) >= 11 is 3.30. The Labute approximate surface area is 107 Å². The van der Waals surface area contributed by atoms with Crippen LogP contribution in [0.1, 0.15) is 30.5 Å². The SMILES string of the molecule is CCC1Cc2c(F)ccc(Br)c2C(C(=O)O)N1. The molecule has 3 nitrogen and oxygen atoms in total. The van der Waals surface area contributed by atoms with Crippen LogP contribution >= 0.6 is 15.9 Å². The van der Waals surface area contributed by atoms with Gasteiger partial charge >= 0.3 is 5.97 Å². The Bertz CT molecular complexity index is 464. The molecule has 0 bridgehead atoms. The molecular formula is C12H13BrFNO2. The predicted octanol–water partition coefficient (Wildman–Crippen LogP) is 2.64. The Balaban J connectivity index is 2.55. The van der Waals surface area contributed by atoms with Crippen molar-refractivity contribution in [3.05, 3.63) is 33.5 Å². The summed E-state index contributed by atoms with van der Waals surface area (Å²) in [7, 11) is 0. The number of rotatable bonds is 2. The maximum absolute atomic E-state index is 13.8. The molecule has 2 rings (SSSR count). The number of carboxylic acids is 1. The molecule has 2 unspecified atom stereocenters. The lowest BCUT2D eigenvalue weighted by atomic mass is 9.89. The summed E-state index contributed by atoms with van der Waals surface area (Å²) in [5, 5.41) is 12.2. The molecule has 0 spiro atoms. The highest BCUT2D eigenvalue weighted by Crippen LogP contribution is 2.34. The molecule has 17 heavy (non-hydrogen) atoms. The molecule has 0 aromatic heterocycles. The van der Waals surface area contributed by atoms with Crippen LogP contribution in [0, 0.1) is 5.82 Å². The van der Waals surface area contributed by atoms with Crippen molar-refractivity contribution >= 4 is 21.9 Å². The maximum atomic E-state index is 13.8. The fourth-order valence-corrected chi connectivity index (χ4v) is 2.81. The number of nitrogens with one attached hydrogen (secondary N) is 1. The van der Waals surface area contributed by atoms with E-state index in [9.17, 15) is 14.3 Å². The molecule has 1 aliphatic rings.